The van der Waals surface area contributed by atoms with E-state index in [2.05, 4.69) is 10.5 Å². The number of rotatable bonds is 15. The number of hydrogen-bond donors (Lipinski definition) is 2. The van der Waals surface area contributed by atoms with Crippen molar-refractivity contribution in [1.29, 1.82) is 0 Å². The Morgan fingerprint density at radius 3 is 1.96 bits per heavy atom. The van der Waals surface area contributed by atoms with Crippen LogP contribution in [0.1, 0.15) is 64.7 Å². The minimum Gasteiger partial charge on any atom is -0.462 e. The Morgan fingerprint density at radius 1 is 1.00 bits per heavy atom. The van der Waals surface area contributed by atoms with E-state index in [4.69, 9.17) is 14.5 Å². The first kappa shape index (κ1) is 22.7. The van der Waals surface area contributed by atoms with Gasteiger partial charge in [0.05, 0.1) is 6.61 Å². The summed E-state index contributed by atoms with van der Waals surface area (Å²) in [6.45, 7) is 5.65. The van der Waals surface area contributed by atoms with E-state index in [1.165, 1.54) is 19.3 Å². The monoisotopic (exact) mass is 368 g/mol. The SMILES string of the molecule is C=C(C)C(=O)OCCCCCCCCCCCSOP(=O)(O)O. The summed E-state index contributed by atoms with van der Waals surface area (Å²) in [6, 6.07) is 0. The predicted molar refractivity (Wildman–Crippen MR) is 92.9 cm³/mol. The average Bonchev–Trinajstić information content (AvgIpc) is 2.46. The van der Waals surface area contributed by atoms with E-state index in [1.807, 2.05) is 0 Å². The van der Waals surface area contributed by atoms with Gasteiger partial charge in [-0.3, -0.25) is 0 Å². The van der Waals surface area contributed by atoms with Gasteiger partial charge < -0.3 is 14.5 Å². The molecule has 0 aliphatic heterocycles. The van der Waals surface area contributed by atoms with Gasteiger partial charge in [0.15, 0.2) is 0 Å². The Morgan fingerprint density at radius 2 is 1.48 bits per heavy atom. The Hall–Kier alpha value is -0.330. The van der Waals surface area contributed by atoms with Crippen LogP contribution < -0.4 is 0 Å². The lowest BCUT2D eigenvalue weighted by Gasteiger charge is -2.05. The van der Waals surface area contributed by atoms with Gasteiger partial charge in [0, 0.05) is 23.4 Å². The van der Waals surface area contributed by atoms with E-state index < -0.39 is 7.82 Å². The fraction of sp³-hybridized carbons (Fsp3) is 0.800. The molecule has 0 amide bonds. The van der Waals surface area contributed by atoms with Crippen LogP contribution in [0.5, 0.6) is 0 Å². The summed E-state index contributed by atoms with van der Waals surface area (Å²) in [5, 5.41) is 0. The molecule has 23 heavy (non-hydrogen) atoms. The van der Waals surface area contributed by atoms with Crippen LogP contribution in [-0.2, 0) is 18.1 Å². The number of phosphoric acid groups is 1. The fourth-order valence-corrected chi connectivity index (χ4v) is 3.06. The van der Waals surface area contributed by atoms with Crippen LogP contribution in [0.15, 0.2) is 12.2 Å². The van der Waals surface area contributed by atoms with Gasteiger partial charge in [-0.1, -0.05) is 51.5 Å². The minimum atomic E-state index is -4.33. The number of esters is 1. The summed E-state index contributed by atoms with van der Waals surface area (Å²) < 4.78 is 19.7. The summed E-state index contributed by atoms with van der Waals surface area (Å²) >= 11 is 0.839. The first-order chi connectivity index (χ1) is 10.8. The van der Waals surface area contributed by atoms with Crippen molar-refractivity contribution in [3.05, 3.63) is 12.2 Å². The van der Waals surface area contributed by atoms with E-state index in [0.29, 0.717) is 17.9 Å². The molecule has 0 aliphatic rings. The van der Waals surface area contributed by atoms with Gasteiger partial charge in [0.25, 0.3) is 0 Å². The molecule has 0 saturated heterocycles. The van der Waals surface area contributed by atoms with Crippen LogP contribution in [0, 0.1) is 0 Å². The van der Waals surface area contributed by atoms with Gasteiger partial charge in [-0.05, 0) is 19.8 Å². The van der Waals surface area contributed by atoms with Crippen LogP contribution in [0.4, 0.5) is 0 Å². The lowest BCUT2D eigenvalue weighted by molar-refractivity contribution is -0.139. The Kier molecular flexibility index (Phi) is 13.8. The standard InChI is InChI=1S/C15H29O6PS/c1-14(2)15(16)20-12-10-8-6-4-3-5-7-9-11-13-23-21-22(17,18)19/h1,3-13H2,2H3,(H2,17,18,19). The first-order valence-corrected chi connectivity index (χ1v) is 10.5. The Bertz CT molecular complexity index is 382. The van der Waals surface area contributed by atoms with Gasteiger partial charge in [-0.25, -0.2) is 13.3 Å². The number of unbranched alkanes of at least 4 members (excludes halogenated alkanes) is 8. The molecule has 2 N–H and O–H groups in total. The van der Waals surface area contributed by atoms with Crippen molar-refractivity contribution in [1.82, 2.24) is 0 Å². The van der Waals surface area contributed by atoms with Crippen molar-refractivity contribution in [3.8, 4) is 0 Å². The normalized spacial score (nSPS) is 11.4. The smallest absolute Gasteiger partial charge is 0.462 e. The molecule has 0 aliphatic carbocycles. The number of carbonyl (C=O) groups is 1. The highest BCUT2D eigenvalue weighted by molar-refractivity contribution is 7.97. The summed E-state index contributed by atoms with van der Waals surface area (Å²) in [6.07, 6.45) is 9.75. The molecule has 0 atom stereocenters. The molecule has 0 radical (unpaired) electrons. The molecular formula is C15H29O6PS. The molecular weight excluding hydrogens is 339 g/mol. The van der Waals surface area contributed by atoms with Gasteiger partial charge in [-0.15, -0.1) is 0 Å². The number of ether oxygens (including phenoxy) is 1. The molecule has 0 saturated carbocycles. The highest BCUT2D eigenvalue weighted by Crippen LogP contribution is 2.41. The third-order valence-corrected chi connectivity index (χ3v) is 4.76. The van der Waals surface area contributed by atoms with E-state index in [0.717, 1.165) is 50.6 Å². The molecule has 0 unspecified atom stereocenters. The maximum absolute atomic E-state index is 11.1. The van der Waals surface area contributed by atoms with E-state index in [9.17, 15) is 9.36 Å². The van der Waals surface area contributed by atoms with Gasteiger partial charge in [0.2, 0.25) is 0 Å². The summed E-state index contributed by atoms with van der Waals surface area (Å²) in [5.41, 5.74) is 0.441. The van der Waals surface area contributed by atoms with Gasteiger partial charge in [0.1, 0.15) is 0 Å². The topological polar surface area (TPSA) is 93.1 Å². The highest BCUT2D eigenvalue weighted by atomic mass is 32.2. The van der Waals surface area contributed by atoms with Crippen molar-refractivity contribution in [2.24, 2.45) is 0 Å². The van der Waals surface area contributed by atoms with Gasteiger partial charge >= 0.3 is 13.8 Å². The Balaban J connectivity index is 3.15. The van der Waals surface area contributed by atoms with E-state index in [1.54, 1.807) is 6.92 Å². The van der Waals surface area contributed by atoms with Crippen molar-refractivity contribution in [2.75, 3.05) is 12.4 Å². The maximum Gasteiger partial charge on any atom is 0.480 e. The minimum absolute atomic E-state index is 0.311. The quantitative estimate of drug-likeness (QED) is 0.146. The van der Waals surface area contributed by atoms with Crippen molar-refractivity contribution >= 4 is 25.8 Å². The zero-order valence-corrected chi connectivity index (χ0v) is 15.6. The van der Waals surface area contributed by atoms with Crippen LogP contribution in [-0.4, -0.2) is 28.1 Å². The van der Waals surface area contributed by atoms with Crippen LogP contribution in [0.3, 0.4) is 0 Å². The second kappa shape index (κ2) is 14.1. The van der Waals surface area contributed by atoms with E-state index in [-0.39, 0.29) is 5.97 Å². The maximum atomic E-state index is 11.1. The zero-order chi connectivity index (χ0) is 17.6. The molecule has 0 spiro atoms. The molecule has 0 aromatic carbocycles. The Labute approximate surface area is 143 Å². The first-order valence-electron chi connectivity index (χ1n) is 8.02. The van der Waals surface area contributed by atoms with Crippen LogP contribution in [0.2, 0.25) is 0 Å². The molecule has 0 bridgehead atoms. The van der Waals surface area contributed by atoms with Crippen molar-refractivity contribution in [3.63, 3.8) is 0 Å². The molecule has 0 fully saturated rings. The molecule has 136 valence electrons. The molecule has 0 rings (SSSR count). The van der Waals surface area contributed by atoms with Crippen LogP contribution in [0.25, 0.3) is 0 Å². The largest absolute Gasteiger partial charge is 0.480 e. The number of hydrogen-bond acceptors (Lipinski definition) is 5. The molecule has 0 heterocycles. The second-order valence-electron chi connectivity index (χ2n) is 5.49. The zero-order valence-electron chi connectivity index (χ0n) is 13.9. The van der Waals surface area contributed by atoms with Gasteiger partial charge in [-0.2, -0.15) is 0 Å². The van der Waals surface area contributed by atoms with Crippen molar-refractivity contribution in [2.45, 2.75) is 64.7 Å². The lowest BCUT2D eigenvalue weighted by atomic mass is 10.1. The highest BCUT2D eigenvalue weighted by Gasteiger charge is 2.13. The third-order valence-electron chi connectivity index (χ3n) is 3.10. The summed E-state index contributed by atoms with van der Waals surface area (Å²) in [7, 11) is -4.33. The molecule has 0 aromatic rings. The fourth-order valence-electron chi connectivity index (χ4n) is 1.89. The molecule has 8 heteroatoms. The number of carbonyl (C=O) groups excluding carboxylic acids is 1. The average molecular weight is 368 g/mol. The summed E-state index contributed by atoms with van der Waals surface area (Å²) in [4.78, 5) is 28.1. The third kappa shape index (κ3) is 17.9. The second-order valence-corrected chi connectivity index (χ2v) is 7.71. The lowest BCUT2D eigenvalue weighted by Crippen LogP contribution is -2.05. The van der Waals surface area contributed by atoms with Crippen molar-refractivity contribution < 1.29 is 27.9 Å². The summed E-state index contributed by atoms with van der Waals surface area (Å²) in [5.74, 6) is 0.294. The van der Waals surface area contributed by atoms with E-state index >= 15 is 0 Å². The molecule has 0 aromatic heterocycles. The molecule has 6 nitrogen and oxygen atoms in total. The predicted octanol–water partition coefficient (Wildman–Crippen LogP) is 4.37. The van der Waals surface area contributed by atoms with Crippen LogP contribution >= 0.6 is 19.9 Å².